The molecule has 118 valence electrons. The van der Waals surface area contributed by atoms with Crippen LogP contribution < -0.4 is 10.6 Å². The zero-order chi connectivity index (χ0) is 15.0. The summed E-state index contributed by atoms with van der Waals surface area (Å²) in [7, 11) is 0. The van der Waals surface area contributed by atoms with Crippen molar-refractivity contribution in [3.8, 4) is 0 Å². The van der Waals surface area contributed by atoms with Crippen molar-refractivity contribution in [2.24, 2.45) is 11.8 Å². The van der Waals surface area contributed by atoms with Gasteiger partial charge < -0.3 is 15.7 Å². The van der Waals surface area contributed by atoms with Gasteiger partial charge in [0.2, 0.25) is 0 Å². The molecule has 0 aromatic carbocycles. The Labute approximate surface area is 123 Å². The standard InChI is InChI=1S/C15H31N3O2/c1-12(2)11-18-7-4-5-14(18)10-17-15(20)16-9-13(3)6-8-19/h12-14,19H,4-11H2,1-3H3,(H2,16,17,20)/t13?,14-/m0/s1. The van der Waals surface area contributed by atoms with E-state index in [0.717, 1.165) is 26.1 Å². The van der Waals surface area contributed by atoms with Gasteiger partial charge in [0.15, 0.2) is 0 Å². The Kier molecular flexibility index (Phi) is 7.92. The molecule has 1 aliphatic heterocycles. The molecule has 0 aliphatic carbocycles. The van der Waals surface area contributed by atoms with Crippen LogP contribution >= 0.6 is 0 Å². The third-order valence-electron chi connectivity index (χ3n) is 3.83. The SMILES string of the molecule is CC(C)CN1CCC[C@H]1CNC(=O)NCC(C)CCO. The van der Waals surface area contributed by atoms with Crippen molar-refractivity contribution < 1.29 is 9.90 Å². The first kappa shape index (κ1) is 17.2. The molecule has 1 saturated heterocycles. The molecule has 1 heterocycles. The summed E-state index contributed by atoms with van der Waals surface area (Å²) in [6.45, 7) is 10.3. The van der Waals surface area contributed by atoms with Crippen molar-refractivity contribution in [3.05, 3.63) is 0 Å². The Bertz CT molecular complexity index is 284. The molecule has 0 saturated carbocycles. The van der Waals surface area contributed by atoms with Crippen molar-refractivity contribution >= 4 is 6.03 Å². The molecule has 2 atom stereocenters. The minimum absolute atomic E-state index is 0.0915. The number of nitrogens with one attached hydrogen (secondary N) is 2. The lowest BCUT2D eigenvalue weighted by Crippen LogP contribution is -2.45. The lowest BCUT2D eigenvalue weighted by atomic mass is 10.1. The summed E-state index contributed by atoms with van der Waals surface area (Å²) in [5.41, 5.74) is 0. The van der Waals surface area contributed by atoms with Crippen LogP contribution in [0.5, 0.6) is 0 Å². The van der Waals surface area contributed by atoms with Gasteiger partial charge in [-0.2, -0.15) is 0 Å². The molecule has 1 aliphatic rings. The van der Waals surface area contributed by atoms with Crippen LogP contribution in [0.3, 0.4) is 0 Å². The van der Waals surface area contributed by atoms with Crippen LogP contribution in [-0.4, -0.2) is 54.9 Å². The van der Waals surface area contributed by atoms with E-state index in [0.29, 0.717) is 24.4 Å². The molecule has 0 radical (unpaired) electrons. The number of nitrogens with zero attached hydrogens (tertiary/aromatic N) is 1. The number of carbonyl (C=O) groups is 1. The van der Waals surface area contributed by atoms with Gasteiger partial charge in [0.25, 0.3) is 0 Å². The number of amides is 2. The molecule has 2 amide bonds. The number of carbonyl (C=O) groups excluding carboxylic acids is 1. The van der Waals surface area contributed by atoms with Crippen LogP contribution in [0.1, 0.15) is 40.0 Å². The first-order chi connectivity index (χ1) is 9.52. The molecular weight excluding hydrogens is 254 g/mol. The van der Waals surface area contributed by atoms with Crippen molar-refractivity contribution in [3.63, 3.8) is 0 Å². The molecule has 0 spiro atoms. The van der Waals surface area contributed by atoms with Gasteiger partial charge in [0.05, 0.1) is 0 Å². The fraction of sp³-hybridized carbons (Fsp3) is 0.933. The molecule has 3 N–H and O–H groups in total. The second kappa shape index (κ2) is 9.19. The molecule has 0 bridgehead atoms. The van der Waals surface area contributed by atoms with Crippen molar-refractivity contribution in [1.29, 1.82) is 0 Å². The highest BCUT2D eigenvalue weighted by atomic mass is 16.3. The van der Waals surface area contributed by atoms with Gasteiger partial charge in [-0.25, -0.2) is 4.79 Å². The predicted octanol–water partition coefficient (Wildman–Crippen LogP) is 1.42. The van der Waals surface area contributed by atoms with E-state index < -0.39 is 0 Å². The number of hydrogen-bond acceptors (Lipinski definition) is 3. The van der Waals surface area contributed by atoms with Gasteiger partial charge >= 0.3 is 6.03 Å². The van der Waals surface area contributed by atoms with E-state index in [4.69, 9.17) is 5.11 Å². The average Bonchev–Trinajstić information content (AvgIpc) is 2.81. The highest BCUT2D eigenvalue weighted by molar-refractivity contribution is 5.73. The molecule has 1 rings (SSSR count). The maximum absolute atomic E-state index is 11.7. The first-order valence-corrected chi connectivity index (χ1v) is 7.89. The van der Waals surface area contributed by atoms with Crippen molar-refractivity contribution in [2.75, 3.05) is 32.8 Å². The second-order valence-corrected chi connectivity index (χ2v) is 6.39. The molecular formula is C15H31N3O2. The van der Waals surface area contributed by atoms with E-state index >= 15 is 0 Å². The Morgan fingerprint density at radius 1 is 1.35 bits per heavy atom. The maximum atomic E-state index is 11.7. The van der Waals surface area contributed by atoms with Crippen LogP contribution in [-0.2, 0) is 0 Å². The van der Waals surface area contributed by atoms with E-state index in [9.17, 15) is 4.79 Å². The number of hydrogen-bond donors (Lipinski definition) is 3. The van der Waals surface area contributed by atoms with E-state index in [1.807, 2.05) is 6.92 Å². The van der Waals surface area contributed by atoms with Gasteiger partial charge in [-0.05, 0) is 37.6 Å². The number of urea groups is 1. The molecule has 0 aromatic heterocycles. The fourth-order valence-corrected chi connectivity index (χ4v) is 2.70. The normalized spacial score (nSPS) is 21.1. The van der Waals surface area contributed by atoms with Gasteiger partial charge in [-0.3, -0.25) is 4.90 Å². The second-order valence-electron chi connectivity index (χ2n) is 6.39. The summed E-state index contributed by atoms with van der Waals surface area (Å²) in [6, 6.07) is 0.393. The molecule has 5 nitrogen and oxygen atoms in total. The van der Waals surface area contributed by atoms with Gasteiger partial charge in [-0.1, -0.05) is 20.8 Å². The van der Waals surface area contributed by atoms with Crippen molar-refractivity contribution in [1.82, 2.24) is 15.5 Å². The average molecular weight is 285 g/mol. The highest BCUT2D eigenvalue weighted by Crippen LogP contribution is 2.17. The molecule has 0 aromatic rings. The lowest BCUT2D eigenvalue weighted by Gasteiger charge is -2.26. The summed E-state index contributed by atoms with van der Waals surface area (Å²) in [4.78, 5) is 14.2. The van der Waals surface area contributed by atoms with E-state index in [1.54, 1.807) is 0 Å². The molecule has 5 heteroatoms. The zero-order valence-corrected chi connectivity index (χ0v) is 13.2. The Hall–Kier alpha value is -0.810. The summed E-state index contributed by atoms with van der Waals surface area (Å²) < 4.78 is 0. The highest BCUT2D eigenvalue weighted by Gasteiger charge is 2.24. The van der Waals surface area contributed by atoms with Gasteiger partial charge in [0.1, 0.15) is 0 Å². The maximum Gasteiger partial charge on any atom is 0.314 e. The van der Waals surface area contributed by atoms with Crippen LogP contribution in [0.25, 0.3) is 0 Å². The zero-order valence-electron chi connectivity index (χ0n) is 13.2. The Balaban J connectivity index is 2.19. The number of aliphatic hydroxyl groups is 1. The smallest absolute Gasteiger partial charge is 0.314 e. The largest absolute Gasteiger partial charge is 0.396 e. The first-order valence-electron chi connectivity index (χ1n) is 7.89. The molecule has 20 heavy (non-hydrogen) atoms. The number of rotatable bonds is 8. The van der Waals surface area contributed by atoms with Gasteiger partial charge in [0, 0.05) is 32.3 Å². The topological polar surface area (TPSA) is 64.6 Å². The van der Waals surface area contributed by atoms with Gasteiger partial charge in [-0.15, -0.1) is 0 Å². The summed E-state index contributed by atoms with van der Waals surface area (Å²) >= 11 is 0. The predicted molar refractivity (Wildman–Crippen MR) is 81.7 cm³/mol. The number of aliphatic hydroxyl groups excluding tert-OH is 1. The quantitative estimate of drug-likeness (QED) is 0.632. The monoisotopic (exact) mass is 285 g/mol. The third kappa shape index (κ3) is 6.57. The minimum Gasteiger partial charge on any atom is -0.396 e. The fourth-order valence-electron chi connectivity index (χ4n) is 2.70. The van der Waals surface area contributed by atoms with Crippen LogP contribution in [0.2, 0.25) is 0 Å². The molecule has 1 fully saturated rings. The van der Waals surface area contributed by atoms with E-state index in [-0.39, 0.29) is 12.6 Å². The summed E-state index contributed by atoms with van der Waals surface area (Å²) in [5, 5.41) is 14.7. The lowest BCUT2D eigenvalue weighted by molar-refractivity contribution is 0.211. The summed E-state index contributed by atoms with van der Waals surface area (Å²) in [6.07, 6.45) is 3.13. The summed E-state index contributed by atoms with van der Waals surface area (Å²) in [5.74, 6) is 0.985. The van der Waals surface area contributed by atoms with E-state index in [2.05, 4.69) is 29.4 Å². The minimum atomic E-state index is -0.0915. The van der Waals surface area contributed by atoms with Crippen molar-refractivity contribution in [2.45, 2.75) is 46.1 Å². The Morgan fingerprint density at radius 2 is 2.10 bits per heavy atom. The third-order valence-corrected chi connectivity index (χ3v) is 3.83. The Morgan fingerprint density at radius 3 is 2.75 bits per heavy atom. The van der Waals surface area contributed by atoms with Crippen LogP contribution in [0, 0.1) is 11.8 Å². The van der Waals surface area contributed by atoms with Crippen LogP contribution in [0.4, 0.5) is 4.79 Å². The molecule has 1 unspecified atom stereocenters. The van der Waals surface area contributed by atoms with E-state index in [1.165, 1.54) is 12.8 Å². The number of likely N-dealkylation sites (tertiary alicyclic amines) is 1. The van der Waals surface area contributed by atoms with Crippen LogP contribution in [0.15, 0.2) is 0 Å².